The van der Waals surface area contributed by atoms with Gasteiger partial charge in [-0.1, -0.05) is 54.6 Å². The molecule has 1 aliphatic rings. The number of rotatable bonds is 4. The van der Waals surface area contributed by atoms with Crippen LogP contribution >= 0.6 is 0 Å². The van der Waals surface area contributed by atoms with E-state index in [9.17, 15) is 9.59 Å². The lowest BCUT2D eigenvalue weighted by Gasteiger charge is -2.14. The van der Waals surface area contributed by atoms with Crippen LogP contribution < -0.4 is 10.6 Å². The van der Waals surface area contributed by atoms with E-state index < -0.39 is 5.92 Å². The third-order valence-electron chi connectivity index (χ3n) is 4.55. The number of nitrogens with one attached hydrogen (secondary N) is 2. The van der Waals surface area contributed by atoms with Crippen LogP contribution in [0.4, 0.5) is 17.1 Å². The van der Waals surface area contributed by atoms with Gasteiger partial charge in [-0.15, -0.1) is 0 Å². The first-order chi connectivity index (χ1) is 13.6. The molecule has 4 rings (SSSR count). The average Bonchev–Trinajstić information content (AvgIpc) is 3.02. The minimum atomic E-state index is -0.497. The highest BCUT2D eigenvalue weighted by atomic mass is 16.2. The molecule has 0 radical (unpaired) electrons. The summed E-state index contributed by atoms with van der Waals surface area (Å²) in [5, 5.41) is 5.71. The summed E-state index contributed by atoms with van der Waals surface area (Å²) in [7, 11) is 0. The molecular weight excluding hydrogens is 350 g/mol. The molecule has 0 aromatic heterocycles. The molecule has 0 saturated heterocycles. The first-order valence-electron chi connectivity index (χ1n) is 9.03. The number of carbonyl (C=O) groups is 2. The number of amides is 2. The van der Waals surface area contributed by atoms with Crippen molar-refractivity contribution in [2.75, 3.05) is 10.6 Å². The van der Waals surface area contributed by atoms with Crippen LogP contribution in [0.15, 0.2) is 83.9 Å². The topological polar surface area (TPSA) is 70.6 Å². The van der Waals surface area contributed by atoms with E-state index in [1.54, 1.807) is 12.1 Å². The monoisotopic (exact) mass is 369 g/mol. The molecule has 0 fully saturated rings. The molecule has 3 aromatic carbocycles. The third kappa shape index (κ3) is 3.55. The van der Waals surface area contributed by atoms with Gasteiger partial charge < -0.3 is 10.6 Å². The third-order valence-corrected chi connectivity index (χ3v) is 4.55. The fraction of sp³-hybridized carbons (Fsp3) is 0.0870. The molecule has 2 amide bonds. The Morgan fingerprint density at radius 3 is 2.50 bits per heavy atom. The number of para-hydroxylation sites is 1. The Morgan fingerprint density at radius 1 is 0.964 bits per heavy atom. The van der Waals surface area contributed by atoms with Crippen molar-refractivity contribution >= 4 is 34.6 Å². The Morgan fingerprint density at radius 2 is 1.71 bits per heavy atom. The Bertz CT molecular complexity index is 1070. The van der Waals surface area contributed by atoms with Crippen molar-refractivity contribution in [3.05, 3.63) is 90.0 Å². The fourth-order valence-electron chi connectivity index (χ4n) is 3.38. The molecule has 138 valence electrons. The smallest absolute Gasteiger partial charge is 0.238 e. The number of aliphatic imine (C=N–C) groups is 1. The van der Waals surface area contributed by atoms with Gasteiger partial charge in [0.05, 0.1) is 11.4 Å². The zero-order valence-electron chi connectivity index (χ0n) is 15.3. The number of anilines is 2. The summed E-state index contributed by atoms with van der Waals surface area (Å²) in [5.41, 5.74) is 4.60. The van der Waals surface area contributed by atoms with Crippen molar-refractivity contribution in [2.45, 2.75) is 12.8 Å². The van der Waals surface area contributed by atoms with Crippen molar-refractivity contribution in [1.82, 2.24) is 0 Å². The lowest BCUT2D eigenvalue weighted by atomic mass is 9.90. The number of fused-ring (bicyclic) bond motifs is 1. The van der Waals surface area contributed by atoms with E-state index in [1.165, 1.54) is 6.92 Å². The highest BCUT2D eigenvalue weighted by Gasteiger charge is 2.35. The maximum Gasteiger partial charge on any atom is 0.238 e. The largest absolute Gasteiger partial charge is 0.326 e. The minimum absolute atomic E-state index is 0.0955. The molecule has 1 unspecified atom stereocenters. The van der Waals surface area contributed by atoms with Gasteiger partial charge in [0.15, 0.2) is 0 Å². The Kier molecular flexibility index (Phi) is 4.72. The Balaban J connectivity index is 1.83. The van der Waals surface area contributed by atoms with Crippen LogP contribution in [0.25, 0.3) is 0 Å². The summed E-state index contributed by atoms with van der Waals surface area (Å²) >= 11 is 0. The van der Waals surface area contributed by atoms with E-state index in [1.807, 2.05) is 66.7 Å². The van der Waals surface area contributed by atoms with Gasteiger partial charge in [0.1, 0.15) is 5.92 Å². The number of hydrogen-bond donors (Lipinski definition) is 2. The summed E-state index contributed by atoms with van der Waals surface area (Å²) in [6.07, 6.45) is 0. The van der Waals surface area contributed by atoms with Crippen LogP contribution in [0.5, 0.6) is 0 Å². The van der Waals surface area contributed by atoms with Crippen LogP contribution in [0.1, 0.15) is 24.0 Å². The lowest BCUT2D eigenvalue weighted by molar-refractivity contribution is -0.116. The molecule has 1 atom stereocenters. The number of hydrogen-bond acceptors (Lipinski definition) is 3. The minimum Gasteiger partial charge on any atom is -0.326 e. The van der Waals surface area contributed by atoms with Gasteiger partial charge in [-0.2, -0.15) is 0 Å². The lowest BCUT2D eigenvalue weighted by Crippen LogP contribution is -2.21. The Labute approximate surface area is 163 Å². The normalized spacial score (nSPS) is 15.7. The van der Waals surface area contributed by atoms with E-state index in [0.717, 1.165) is 16.8 Å². The van der Waals surface area contributed by atoms with Gasteiger partial charge in [0, 0.05) is 18.3 Å². The number of benzene rings is 3. The standard InChI is InChI=1S/C23H19N3O2/c1-15(27)24-17-10-7-11-18(14-17)25-22(16-8-3-2-4-9-16)21-19-12-5-6-13-20(19)26-23(21)28/h2-14,21H,1H3,(H,24,27)(H,26,28). The van der Waals surface area contributed by atoms with Gasteiger partial charge in [-0.3, -0.25) is 14.6 Å². The SMILES string of the molecule is CC(=O)Nc1cccc(N=C(c2ccccc2)C2C(=O)Nc3ccccc32)c1. The zero-order chi connectivity index (χ0) is 19.5. The highest BCUT2D eigenvalue weighted by Crippen LogP contribution is 2.36. The fourth-order valence-corrected chi connectivity index (χ4v) is 3.38. The second-order valence-electron chi connectivity index (χ2n) is 6.60. The van der Waals surface area contributed by atoms with Crippen LogP contribution in [0.3, 0.4) is 0 Å². The molecule has 28 heavy (non-hydrogen) atoms. The van der Waals surface area contributed by atoms with Gasteiger partial charge >= 0.3 is 0 Å². The van der Waals surface area contributed by atoms with Gasteiger partial charge in [-0.05, 0) is 35.4 Å². The molecule has 0 bridgehead atoms. The zero-order valence-corrected chi connectivity index (χ0v) is 15.3. The molecular formula is C23H19N3O2. The Hall–Kier alpha value is -3.73. The highest BCUT2D eigenvalue weighted by molar-refractivity contribution is 6.24. The summed E-state index contributed by atoms with van der Waals surface area (Å²) in [4.78, 5) is 29.0. The molecule has 0 aliphatic carbocycles. The van der Waals surface area contributed by atoms with Crippen molar-refractivity contribution in [3.63, 3.8) is 0 Å². The van der Waals surface area contributed by atoms with E-state index in [2.05, 4.69) is 10.6 Å². The molecule has 3 aromatic rings. The van der Waals surface area contributed by atoms with Crippen LogP contribution in [-0.4, -0.2) is 17.5 Å². The van der Waals surface area contributed by atoms with E-state index in [4.69, 9.17) is 4.99 Å². The molecule has 5 nitrogen and oxygen atoms in total. The van der Waals surface area contributed by atoms with Crippen LogP contribution in [-0.2, 0) is 9.59 Å². The van der Waals surface area contributed by atoms with E-state index in [0.29, 0.717) is 17.1 Å². The average molecular weight is 369 g/mol. The predicted molar refractivity (Wildman–Crippen MR) is 111 cm³/mol. The molecule has 0 saturated carbocycles. The molecule has 5 heteroatoms. The molecule has 1 heterocycles. The number of carbonyl (C=O) groups excluding carboxylic acids is 2. The quantitative estimate of drug-likeness (QED) is 0.665. The summed E-state index contributed by atoms with van der Waals surface area (Å²) in [5.74, 6) is -0.738. The number of nitrogens with zero attached hydrogens (tertiary/aromatic N) is 1. The predicted octanol–water partition coefficient (Wildman–Crippen LogP) is 4.50. The van der Waals surface area contributed by atoms with Crippen molar-refractivity contribution < 1.29 is 9.59 Å². The maximum absolute atomic E-state index is 12.8. The summed E-state index contributed by atoms with van der Waals surface area (Å²) in [6, 6.07) is 24.6. The first-order valence-corrected chi connectivity index (χ1v) is 9.03. The molecule has 0 spiro atoms. The van der Waals surface area contributed by atoms with Crippen LogP contribution in [0.2, 0.25) is 0 Å². The molecule has 2 N–H and O–H groups in total. The van der Waals surface area contributed by atoms with Gasteiger partial charge in [0.25, 0.3) is 0 Å². The van der Waals surface area contributed by atoms with Crippen molar-refractivity contribution in [2.24, 2.45) is 4.99 Å². The first kappa shape index (κ1) is 17.7. The van der Waals surface area contributed by atoms with E-state index >= 15 is 0 Å². The maximum atomic E-state index is 12.8. The second-order valence-corrected chi connectivity index (χ2v) is 6.60. The summed E-state index contributed by atoms with van der Waals surface area (Å²) < 4.78 is 0. The van der Waals surface area contributed by atoms with Crippen LogP contribution in [0, 0.1) is 0 Å². The van der Waals surface area contributed by atoms with E-state index in [-0.39, 0.29) is 11.8 Å². The van der Waals surface area contributed by atoms with Crippen molar-refractivity contribution in [1.29, 1.82) is 0 Å². The van der Waals surface area contributed by atoms with Gasteiger partial charge in [0.2, 0.25) is 11.8 Å². The van der Waals surface area contributed by atoms with Gasteiger partial charge in [-0.25, -0.2) is 0 Å². The van der Waals surface area contributed by atoms with Crippen molar-refractivity contribution in [3.8, 4) is 0 Å². The molecule has 1 aliphatic heterocycles. The second kappa shape index (κ2) is 7.48. The summed E-state index contributed by atoms with van der Waals surface area (Å²) in [6.45, 7) is 1.46.